The van der Waals surface area contributed by atoms with Crippen molar-refractivity contribution >= 4 is 62.3 Å². The Morgan fingerprint density at radius 2 is 1.78 bits per heavy atom. The van der Waals surface area contributed by atoms with Crippen molar-refractivity contribution in [1.82, 2.24) is 10.3 Å². The highest BCUT2D eigenvalue weighted by atomic mass is 35.5. The van der Waals surface area contributed by atoms with Crippen LogP contribution in [0.1, 0.15) is 18.2 Å². The number of ether oxygens (including phenoxy) is 1. The van der Waals surface area contributed by atoms with Crippen LogP contribution in [0.2, 0.25) is 0 Å². The first-order valence-electron chi connectivity index (χ1n) is 7.75. The van der Waals surface area contributed by atoms with Crippen molar-refractivity contribution in [3.8, 4) is 0 Å². The lowest BCUT2D eigenvalue weighted by Gasteiger charge is -2.05. The molecule has 0 aliphatic rings. The van der Waals surface area contributed by atoms with E-state index in [2.05, 4.69) is 43.6 Å². The summed E-state index contributed by atoms with van der Waals surface area (Å²) in [6.45, 7) is 4.08. The summed E-state index contributed by atoms with van der Waals surface area (Å²) in [6.07, 6.45) is 0.231. The van der Waals surface area contributed by atoms with Gasteiger partial charge in [-0.3, -0.25) is 19.7 Å². The van der Waals surface area contributed by atoms with Crippen LogP contribution < -0.4 is 10.6 Å². The fourth-order valence-corrected chi connectivity index (χ4v) is 2.31. The monoisotopic (exact) mass is 415 g/mol. The molecule has 0 saturated heterocycles. The summed E-state index contributed by atoms with van der Waals surface area (Å²) in [5, 5.41) is 4.19. The predicted octanol–water partition coefficient (Wildman–Crippen LogP) is 2.85. The number of hydrogen-bond acceptors (Lipinski definition) is 5. The Morgan fingerprint density at radius 3 is 2.30 bits per heavy atom. The average Bonchev–Trinajstić information content (AvgIpc) is 2.90. The van der Waals surface area contributed by atoms with Crippen LogP contribution in [0, 0.1) is 6.92 Å². The van der Waals surface area contributed by atoms with E-state index in [4.69, 9.17) is 0 Å². The van der Waals surface area contributed by atoms with E-state index in [0.717, 1.165) is 28.6 Å². The number of methoxy groups -OCH3 is 1. The minimum atomic E-state index is -1.14. The summed E-state index contributed by atoms with van der Waals surface area (Å²) < 4.78 is 4.59. The van der Waals surface area contributed by atoms with Crippen LogP contribution in [-0.2, 0) is 25.5 Å². The number of aromatic nitrogens is 1. The maximum Gasteiger partial charge on any atom is 0.411 e. The molecular formula is C17H19Cl2N3O5. The summed E-state index contributed by atoms with van der Waals surface area (Å²) in [5.74, 6) is -0.0412. The molecule has 1 aromatic carbocycles. The highest BCUT2D eigenvalue weighted by Gasteiger charge is 2.10. The second-order valence-electron chi connectivity index (χ2n) is 5.39. The third kappa shape index (κ3) is 7.28. The summed E-state index contributed by atoms with van der Waals surface area (Å²) >= 11 is 8.98. The molecule has 0 unspecified atom stereocenters. The SMILES string of the molecule is COC(=O)Nc1ccc2[nH]c(C)c(CCNC(C)=O)c2c1.O=C(Cl)C(=O)Cl. The van der Waals surface area contributed by atoms with E-state index in [1.807, 2.05) is 25.1 Å². The van der Waals surface area contributed by atoms with Gasteiger partial charge in [0, 0.05) is 35.8 Å². The van der Waals surface area contributed by atoms with Crippen LogP contribution in [0.25, 0.3) is 10.9 Å². The smallest absolute Gasteiger partial charge is 0.411 e. The molecule has 0 aliphatic heterocycles. The van der Waals surface area contributed by atoms with Crippen molar-refractivity contribution in [3.63, 3.8) is 0 Å². The van der Waals surface area contributed by atoms with Crippen molar-refractivity contribution in [3.05, 3.63) is 29.5 Å². The first-order valence-corrected chi connectivity index (χ1v) is 8.51. The van der Waals surface area contributed by atoms with Gasteiger partial charge in [-0.2, -0.15) is 0 Å². The van der Waals surface area contributed by atoms with Gasteiger partial charge in [0.15, 0.2) is 0 Å². The molecule has 2 aromatic rings. The molecule has 3 N–H and O–H groups in total. The van der Waals surface area contributed by atoms with Crippen molar-refractivity contribution in [2.45, 2.75) is 20.3 Å². The number of benzene rings is 1. The molecule has 10 heteroatoms. The zero-order valence-corrected chi connectivity index (χ0v) is 16.5. The van der Waals surface area contributed by atoms with Crippen LogP contribution in [0.3, 0.4) is 0 Å². The molecule has 8 nitrogen and oxygen atoms in total. The van der Waals surface area contributed by atoms with Gasteiger partial charge in [-0.15, -0.1) is 0 Å². The van der Waals surface area contributed by atoms with Gasteiger partial charge in [0.05, 0.1) is 7.11 Å². The molecular weight excluding hydrogens is 397 g/mol. The number of anilines is 1. The van der Waals surface area contributed by atoms with Gasteiger partial charge in [-0.1, -0.05) is 0 Å². The van der Waals surface area contributed by atoms with Gasteiger partial charge in [0.1, 0.15) is 0 Å². The molecule has 0 bridgehead atoms. The number of amides is 2. The predicted molar refractivity (Wildman–Crippen MR) is 103 cm³/mol. The molecule has 0 atom stereocenters. The first-order chi connectivity index (χ1) is 12.6. The number of fused-ring (bicyclic) bond motifs is 1. The second kappa shape index (κ2) is 10.5. The van der Waals surface area contributed by atoms with Gasteiger partial charge in [-0.25, -0.2) is 4.79 Å². The van der Waals surface area contributed by atoms with Crippen LogP contribution in [-0.4, -0.2) is 41.1 Å². The van der Waals surface area contributed by atoms with Crippen molar-refractivity contribution in [1.29, 1.82) is 0 Å². The first kappa shape index (κ1) is 22.5. The van der Waals surface area contributed by atoms with Gasteiger partial charge in [0.2, 0.25) is 5.91 Å². The van der Waals surface area contributed by atoms with E-state index in [0.29, 0.717) is 12.2 Å². The fraction of sp³-hybridized carbons (Fsp3) is 0.294. The van der Waals surface area contributed by atoms with E-state index >= 15 is 0 Å². The Morgan fingerprint density at radius 1 is 1.15 bits per heavy atom. The lowest BCUT2D eigenvalue weighted by molar-refractivity contribution is -0.127. The van der Waals surface area contributed by atoms with Crippen molar-refractivity contribution in [2.24, 2.45) is 0 Å². The van der Waals surface area contributed by atoms with E-state index in [-0.39, 0.29) is 5.91 Å². The van der Waals surface area contributed by atoms with Crippen LogP contribution in [0.15, 0.2) is 18.2 Å². The molecule has 1 aromatic heterocycles. The number of carbonyl (C=O) groups is 4. The van der Waals surface area contributed by atoms with Crippen LogP contribution >= 0.6 is 23.2 Å². The molecule has 0 fully saturated rings. The summed E-state index contributed by atoms with van der Waals surface area (Å²) in [7, 11) is 1.33. The molecule has 1 heterocycles. The molecule has 2 amide bonds. The lowest BCUT2D eigenvalue weighted by atomic mass is 10.1. The Bertz CT molecular complexity index is 852. The van der Waals surface area contributed by atoms with Gasteiger partial charge < -0.3 is 15.0 Å². The Labute approximate surface area is 165 Å². The van der Waals surface area contributed by atoms with Crippen molar-refractivity contribution < 1.29 is 23.9 Å². The molecule has 0 spiro atoms. The zero-order valence-electron chi connectivity index (χ0n) is 14.9. The minimum Gasteiger partial charge on any atom is -0.453 e. The topological polar surface area (TPSA) is 117 Å². The number of aromatic amines is 1. The number of rotatable bonds is 5. The summed E-state index contributed by atoms with van der Waals surface area (Å²) in [5.41, 5.74) is 3.87. The number of nitrogens with one attached hydrogen (secondary N) is 3. The van der Waals surface area contributed by atoms with Gasteiger partial charge in [0.25, 0.3) is 0 Å². The highest BCUT2D eigenvalue weighted by molar-refractivity contribution is 6.97. The summed E-state index contributed by atoms with van der Waals surface area (Å²) in [6, 6.07) is 5.63. The maximum atomic E-state index is 11.3. The standard InChI is InChI=1S/C15H19N3O3.C2Cl2O2/c1-9-12(6-7-16-10(2)19)13-8-11(18-15(20)21-3)4-5-14(13)17-9;3-1(5)2(4)6/h4-5,8,17H,6-7H2,1-3H3,(H,16,19)(H,18,20);. The number of hydrogen-bond donors (Lipinski definition) is 3. The zero-order chi connectivity index (χ0) is 20.6. The van der Waals surface area contributed by atoms with E-state index in [1.165, 1.54) is 14.0 Å². The minimum absolute atomic E-state index is 0.0412. The van der Waals surface area contributed by atoms with Gasteiger partial charge >= 0.3 is 16.6 Å². The molecule has 0 saturated carbocycles. The highest BCUT2D eigenvalue weighted by Crippen LogP contribution is 2.25. The molecule has 27 heavy (non-hydrogen) atoms. The summed E-state index contributed by atoms with van der Waals surface area (Å²) in [4.78, 5) is 44.4. The second-order valence-corrected chi connectivity index (χ2v) is 6.07. The molecule has 146 valence electrons. The third-order valence-corrected chi connectivity index (χ3v) is 3.89. The van der Waals surface area contributed by atoms with E-state index in [1.54, 1.807) is 0 Å². The molecule has 0 radical (unpaired) electrons. The number of H-pyrrole nitrogens is 1. The molecule has 2 rings (SSSR count). The number of halogens is 2. The average molecular weight is 416 g/mol. The lowest BCUT2D eigenvalue weighted by Crippen LogP contribution is -2.22. The number of carbonyl (C=O) groups excluding carboxylic acids is 4. The Kier molecular flexibility index (Phi) is 8.77. The normalized spacial score (nSPS) is 9.81. The fourth-order valence-electron chi connectivity index (χ4n) is 2.31. The van der Waals surface area contributed by atoms with E-state index in [9.17, 15) is 19.2 Å². The van der Waals surface area contributed by atoms with Crippen LogP contribution in [0.4, 0.5) is 10.5 Å². The van der Waals surface area contributed by atoms with Gasteiger partial charge in [-0.05, 0) is 60.3 Å². The Balaban J connectivity index is 0.000000527. The largest absolute Gasteiger partial charge is 0.453 e. The number of aryl methyl sites for hydroxylation is 1. The maximum absolute atomic E-state index is 11.3. The van der Waals surface area contributed by atoms with Crippen LogP contribution in [0.5, 0.6) is 0 Å². The van der Waals surface area contributed by atoms with Crippen molar-refractivity contribution in [2.75, 3.05) is 19.0 Å². The quantitative estimate of drug-likeness (QED) is 0.512. The molecule has 0 aliphatic carbocycles. The Hall–Kier alpha value is -2.58. The third-order valence-electron chi connectivity index (χ3n) is 3.45. The van der Waals surface area contributed by atoms with E-state index < -0.39 is 16.6 Å².